The number of ether oxygens (including phenoxy) is 1. The van der Waals surface area contributed by atoms with Gasteiger partial charge in [-0.05, 0) is 37.5 Å². The van der Waals surface area contributed by atoms with Crippen LogP contribution in [0, 0.1) is 24.6 Å². The van der Waals surface area contributed by atoms with Crippen molar-refractivity contribution >= 4 is 29.9 Å². The molecule has 3 saturated heterocycles. The van der Waals surface area contributed by atoms with Crippen LogP contribution in [-0.4, -0.2) is 52.8 Å². The van der Waals surface area contributed by atoms with E-state index in [0.29, 0.717) is 36.3 Å². The Labute approximate surface area is 187 Å². The lowest BCUT2D eigenvalue weighted by Crippen LogP contribution is -2.41. The molecule has 0 amide bonds. The van der Waals surface area contributed by atoms with E-state index in [1.807, 2.05) is 20.0 Å². The van der Waals surface area contributed by atoms with Crippen molar-refractivity contribution in [1.29, 1.82) is 0 Å². The Morgan fingerprint density at radius 1 is 1.28 bits per heavy atom. The van der Waals surface area contributed by atoms with Crippen molar-refractivity contribution in [1.82, 2.24) is 19.8 Å². The second-order valence-electron chi connectivity index (χ2n) is 8.05. The summed E-state index contributed by atoms with van der Waals surface area (Å²) in [6.07, 6.45) is 6.73. The van der Waals surface area contributed by atoms with Crippen molar-refractivity contribution in [3.63, 3.8) is 0 Å². The number of aromatic nitrogens is 2. The molecular weight excluding hydrogens is 484 g/mol. The van der Waals surface area contributed by atoms with E-state index >= 15 is 0 Å². The highest BCUT2D eigenvalue weighted by Crippen LogP contribution is 2.47. The van der Waals surface area contributed by atoms with Gasteiger partial charge in [0.1, 0.15) is 11.6 Å². The zero-order valence-electron chi connectivity index (χ0n) is 16.7. The first kappa shape index (κ1) is 20.6. The monoisotopic (exact) mass is 511 g/mol. The minimum Gasteiger partial charge on any atom is -0.374 e. The number of imidazole rings is 1. The lowest BCUT2D eigenvalue weighted by molar-refractivity contribution is 0.0767. The Hall–Kier alpha value is -1.68. The molecule has 4 heterocycles. The fourth-order valence-corrected chi connectivity index (χ4v) is 5.13. The number of nitrogens with zero attached hydrogens (tertiary/aromatic N) is 4. The van der Waals surface area contributed by atoms with Gasteiger partial charge in [-0.15, -0.1) is 24.0 Å². The number of nitrogens with one attached hydrogen (secondary N) is 1. The summed E-state index contributed by atoms with van der Waals surface area (Å²) in [6, 6.07) is 5.34. The average Bonchev–Trinajstić information content (AvgIpc) is 3.45. The van der Waals surface area contributed by atoms with Gasteiger partial charge in [0.15, 0.2) is 5.96 Å². The maximum Gasteiger partial charge on any atom is 0.193 e. The Kier molecular flexibility index (Phi) is 5.83. The number of aliphatic imine (C=N–C) groups is 1. The number of hydrogen-bond acceptors (Lipinski definition) is 3. The highest BCUT2D eigenvalue weighted by Gasteiger charge is 2.53. The van der Waals surface area contributed by atoms with Gasteiger partial charge in [-0.1, -0.05) is 6.07 Å². The third kappa shape index (κ3) is 3.65. The number of likely N-dealkylation sites (tertiary alicyclic amines) is 1. The Morgan fingerprint density at radius 2 is 2.00 bits per heavy atom. The predicted octanol–water partition coefficient (Wildman–Crippen LogP) is 3.12. The maximum absolute atomic E-state index is 14.6. The lowest BCUT2D eigenvalue weighted by atomic mass is 9.82. The quantitative estimate of drug-likeness (QED) is 0.391. The van der Waals surface area contributed by atoms with Gasteiger partial charge in [0.2, 0.25) is 0 Å². The van der Waals surface area contributed by atoms with Crippen LogP contribution in [0.2, 0.25) is 0 Å². The predicted molar refractivity (Wildman–Crippen MR) is 120 cm³/mol. The number of benzene rings is 1. The van der Waals surface area contributed by atoms with Crippen LogP contribution in [0.1, 0.15) is 24.2 Å². The average molecular weight is 511 g/mol. The van der Waals surface area contributed by atoms with E-state index in [9.17, 15) is 4.39 Å². The second-order valence-corrected chi connectivity index (χ2v) is 8.05. The van der Waals surface area contributed by atoms with Gasteiger partial charge in [-0.25, -0.2) is 9.37 Å². The largest absolute Gasteiger partial charge is 0.374 e. The van der Waals surface area contributed by atoms with Crippen LogP contribution >= 0.6 is 24.0 Å². The molecule has 2 aromatic rings. The van der Waals surface area contributed by atoms with Crippen molar-refractivity contribution in [2.45, 2.75) is 38.5 Å². The Morgan fingerprint density at radius 3 is 2.59 bits per heavy atom. The van der Waals surface area contributed by atoms with E-state index in [0.717, 1.165) is 30.4 Å². The summed E-state index contributed by atoms with van der Waals surface area (Å²) in [4.78, 5) is 11.0. The molecule has 0 spiro atoms. The van der Waals surface area contributed by atoms with Gasteiger partial charge >= 0.3 is 0 Å². The number of rotatable bonds is 3. The SMILES string of the molecule is CN=C(NCc1ccc(-n2ccnc2C)c(F)c1)N1CC2C3CCC(O3)C2C1.I. The summed E-state index contributed by atoms with van der Waals surface area (Å²) in [7, 11) is 1.81. The highest BCUT2D eigenvalue weighted by molar-refractivity contribution is 14.0. The molecule has 1 aromatic carbocycles. The first-order chi connectivity index (χ1) is 13.6. The van der Waals surface area contributed by atoms with E-state index in [4.69, 9.17) is 4.74 Å². The lowest BCUT2D eigenvalue weighted by Gasteiger charge is -2.23. The number of aryl methyl sites for hydroxylation is 1. The van der Waals surface area contributed by atoms with Crippen molar-refractivity contribution in [3.05, 3.63) is 47.8 Å². The first-order valence-electron chi connectivity index (χ1n) is 10.0. The van der Waals surface area contributed by atoms with E-state index in [2.05, 4.69) is 20.2 Å². The molecule has 1 N–H and O–H groups in total. The summed E-state index contributed by atoms with van der Waals surface area (Å²) < 4.78 is 22.4. The van der Waals surface area contributed by atoms with Crippen LogP contribution in [-0.2, 0) is 11.3 Å². The minimum atomic E-state index is -0.250. The molecule has 0 aliphatic carbocycles. The molecule has 4 atom stereocenters. The van der Waals surface area contributed by atoms with Crippen LogP contribution in [0.3, 0.4) is 0 Å². The first-order valence-corrected chi connectivity index (χ1v) is 10.0. The van der Waals surface area contributed by atoms with E-state index < -0.39 is 0 Å². The van der Waals surface area contributed by atoms with Crippen LogP contribution in [0.5, 0.6) is 0 Å². The molecule has 8 heteroatoms. The van der Waals surface area contributed by atoms with Crippen LogP contribution in [0.4, 0.5) is 4.39 Å². The van der Waals surface area contributed by atoms with E-state index in [1.54, 1.807) is 29.1 Å². The minimum absolute atomic E-state index is 0. The van der Waals surface area contributed by atoms with Gasteiger partial charge in [-0.2, -0.15) is 0 Å². The molecule has 0 saturated carbocycles. The maximum atomic E-state index is 14.6. The molecule has 6 nitrogen and oxygen atoms in total. The number of hydrogen-bond donors (Lipinski definition) is 1. The fraction of sp³-hybridized carbons (Fsp3) is 0.524. The Bertz CT molecular complexity index is 898. The third-order valence-corrected chi connectivity index (χ3v) is 6.51. The topological polar surface area (TPSA) is 54.7 Å². The summed E-state index contributed by atoms with van der Waals surface area (Å²) >= 11 is 0. The van der Waals surface area contributed by atoms with Crippen molar-refractivity contribution in [2.75, 3.05) is 20.1 Å². The van der Waals surface area contributed by atoms with E-state index in [1.165, 1.54) is 12.8 Å². The highest BCUT2D eigenvalue weighted by atomic mass is 127. The Balaban J connectivity index is 0.00000205. The standard InChI is InChI=1S/C21H26FN5O.HI/c1-13-24-7-8-27(13)18-4-3-14(9-17(18)22)10-25-21(23-2)26-11-15-16(12-26)20-6-5-19(15)28-20;/h3-4,7-9,15-16,19-20H,5-6,10-12H2,1-2H3,(H,23,25);1H. The number of halogens is 2. The zero-order chi connectivity index (χ0) is 19.3. The second kappa shape index (κ2) is 8.22. The molecule has 2 bridgehead atoms. The van der Waals surface area contributed by atoms with Crippen molar-refractivity contribution in [3.8, 4) is 5.69 Å². The summed E-state index contributed by atoms with van der Waals surface area (Å²) in [5.74, 6) is 2.67. The van der Waals surface area contributed by atoms with Crippen LogP contribution < -0.4 is 5.32 Å². The van der Waals surface area contributed by atoms with Gasteiger partial charge in [-0.3, -0.25) is 4.99 Å². The molecule has 3 aliphatic heterocycles. The van der Waals surface area contributed by atoms with Crippen molar-refractivity contribution in [2.24, 2.45) is 16.8 Å². The zero-order valence-corrected chi connectivity index (χ0v) is 19.0. The van der Waals surface area contributed by atoms with Crippen molar-refractivity contribution < 1.29 is 9.13 Å². The molecule has 3 aliphatic rings. The van der Waals surface area contributed by atoms with Gasteiger partial charge in [0.05, 0.1) is 17.9 Å². The molecule has 3 fully saturated rings. The van der Waals surface area contributed by atoms with Gasteiger partial charge in [0, 0.05) is 50.9 Å². The molecule has 156 valence electrons. The smallest absolute Gasteiger partial charge is 0.193 e. The van der Waals surface area contributed by atoms with E-state index in [-0.39, 0.29) is 29.8 Å². The van der Waals surface area contributed by atoms with Gasteiger partial charge in [0.25, 0.3) is 0 Å². The summed E-state index contributed by atoms with van der Waals surface area (Å²) in [6.45, 7) is 4.40. The molecule has 0 radical (unpaired) electrons. The number of fused-ring (bicyclic) bond motifs is 5. The molecule has 4 unspecified atom stereocenters. The normalized spacial score (nSPS) is 27.8. The molecule has 1 aromatic heterocycles. The van der Waals surface area contributed by atoms with Crippen LogP contribution in [0.25, 0.3) is 5.69 Å². The summed E-state index contributed by atoms with van der Waals surface area (Å²) in [5.41, 5.74) is 1.41. The molecule has 29 heavy (non-hydrogen) atoms. The third-order valence-electron chi connectivity index (χ3n) is 6.51. The fourth-order valence-electron chi connectivity index (χ4n) is 5.13. The molecular formula is C21H27FIN5O. The number of guanidine groups is 1. The molecule has 5 rings (SSSR count). The van der Waals surface area contributed by atoms with Crippen LogP contribution in [0.15, 0.2) is 35.6 Å². The van der Waals surface area contributed by atoms with Gasteiger partial charge < -0.3 is 19.5 Å². The summed E-state index contributed by atoms with van der Waals surface area (Å²) in [5, 5.41) is 3.41.